The molecule has 3 aromatic rings. The minimum Gasteiger partial charge on any atom is -0.497 e. The molecule has 2 heterocycles. The fourth-order valence-electron chi connectivity index (χ4n) is 1.71. The summed E-state index contributed by atoms with van der Waals surface area (Å²) >= 11 is 10.7. The van der Waals surface area contributed by atoms with E-state index in [1.165, 1.54) is 16.2 Å². The van der Waals surface area contributed by atoms with Crippen molar-refractivity contribution in [3.63, 3.8) is 0 Å². The largest absolute Gasteiger partial charge is 0.497 e. The zero-order valence-electron chi connectivity index (χ0n) is 11.6. The van der Waals surface area contributed by atoms with Crippen LogP contribution in [-0.4, -0.2) is 17.3 Å². The molecule has 0 aliphatic rings. The van der Waals surface area contributed by atoms with E-state index in [1.54, 1.807) is 30.2 Å². The van der Waals surface area contributed by atoms with E-state index in [0.29, 0.717) is 0 Å². The SMILES string of the molecule is COc1cccc(Nc2nnc(SCc3ccc(Cl)s3)s2)c1. The number of thiophene rings is 1. The number of anilines is 2. The smallest absolute Gasteiger partial charge is 0.210 e. The first-order valence-corrected chi connectivity index (χ1v) is 9.34. The van der Waals surface area contributed by atoms with Crippen molar-refractivity contribution < 1.29 is 4.74 Å². The van der Waals surface area contributed by atoms with Crippen molar-refractivity contribution in [3.05, 3.63) is 45.6 Å². The lowest BCUT2D eigenvalue weighted by atomic mass is 10.3. The Balaban J connectivity index is 1.60. The minimum absolute atomic E-state index is 0.764. The van der Waals surface area contributed by atoms with E-state index < -0.39 is 0 Å². The second-order valence-electron chi connectivity index (χ2n) is 4.22. The van der Waals surface area contributed by atoms with E-state index in [1.807, 2.05) is 36.4 Å². The maximum absolute atomic E-state index is 5.92. The normalized spacial score (nSPS) is 10.6. The van der Waals surface area contributed by atoms with Crippen LogP contribution in [0.15, 0.2) is 40.7 Å². The van der Waals surface area contributed by atoms with Crippen LogP contribution in [0.3, 0.4) is 0 Å². The molecule has 0 amide bonds. The summed E-state index contributed by atoms with van der Waals surface area (Å²) < 4.78 is 6.94. The molecule has 0 fully saturated rings. The maximum Gasteiger partial charge on any atom is 0.210 e. The third-order valence-corrected chi connectivity index (χ3v) is 6.13. The molecule has 0 radical (unpaired) electrons. The van der Waals surface area contributed by atoms with Crippen LogP contribution in [-0.2, 0) is 5.75 Å². The van der Waals surface area contributed by atoms with Crippen LogP contribution >= 0.6 is 46.0 Å². The molecule has 0 saturated heterocycles. The predicted octanol–water partition coefficient (Wildman–Crippen LogP) is 5.30. The Morgan fingerprint density at radius 1 is 1.23 bits per heavy atom. The first-order valence-electron chi connectivity index (χ1n) is 6.34. The molecule has 0 spiro atoms. The van der Waals surface area contributed by atoms with Crippen LogP contribution < -0.4 is 10.1 Å². The fraction of sp³-hybridized carbons (Fsp3) is 0.143. The van der Waals surface area contributed by atoms with Crippen molar-refractivity contribution in [2.45, 2.75) is 10.1 Å². The summed E-state index contributed by atoms with van der Waals surface area (Å²) in [5, 5.41) is 12.3. The Morgan fingerprint density at radius 3 is 2.91 bits per heavy atom. The number of thioether (sulfide) groups is 1. The Kier molecular flexibility index (Phi) is 5.20. The molecule has 8 heteroatoms. The standard InChI is InChI=1S/C14H12ClN3OS3/c1-19-10-4-2-3-9(7-10)16-13-17-18-14(22-13)20-8-11-5-6-12(15)21-11/h2-7H,8H2,1H3,(H,16,17). The van der Waals surface area contributed by atoms with Crippen LogP contribution in [0.25, 0.3) is 0 Å². The summed E-state index contributed by atoms with van der Waals surface area (Å²) in [6.07, 6.45) is 0. The number of nitrogens with one attached hydrogen (secondary N) is 1. The Hall–Kier alpha value is -1.28. The van der Waals surface area contributed by atoms with Crippen LogP contribution in [0.4, 0.5) is 10.8 Å². The van der Waals surface area contributed by atoms with E-state index in [2.05, 4.69) is 15.5 Å². The monoisotopic (exact) mass is 369 g/mol. The van der Waals surface area contributed by atoms with Crippen molar-refractivity contribution in [3.8, 4) is 5.75 Å². The topological polar surface area (TPSA) is 47.0 Å². The number of ether oxygens (including phenoxy) is 1. The number of methoxy groups -OCH3 is 1. The lowest BCUT2D eigenvalue weighted by Gasteiger charge is -2.04. The molecule has 0 bridgehead atoms. The Labute approximate surface area is 145 Å². The number of halogens is 1. The highest BCUT2D eigenvalue weighted by Crippen LogP contribution is 2.32. The van der Waals surface area contributed by atoms with Gasteiger partial charge in [0.15, 0.2) is 4.34 Å². The summed E-state index contributed by atoms with van der Waals surface area (Å²) in [5.41, 5.74) is 0.928. The molecule has 0 saturated carbocycles. The number of aromatic nitrogens is 2. The lowest BCUT2D eigenvalue weighted by molar-refractivity contribution is 0.415. The summed E-state index contributed by atoms with van der Waals surface area (Å²) in [4.78, 5) is 1.23. The van der Waals surface area contributed by atoms with Gasteiger partial charge in [-0.15, -0.1) is 21.5 Å². The first kappa shape index (κ1) is 15.6. The van der Waals surface area contributed by atoms with Gasteiger partial charge in [-0.25, -0.2) is 0 Å². The lowest BCUT2D eigenvalue weighted by Crippen LogP contribution is -1.90. The molecule has 4 nitrogen and oxygen atoms in total. The summed E-state index contributed by atoms with van der Waals surface area (Å²) in [7, 11) is 1.65. The molecular formula is C14H12ClN3OS3. The van der Waals surface area contributed by atoms with Crippen LogP contribution in [0, 0.1) is 0 Å². The van der Waals surface area contributed by atoms with Gasteiger partial charge in [0.2, 0.25) is 5.13 Å². The van der Waals surface area contributed by atoms with Gasteiger partial charge in [0, 0.05) is 22.4 Å². The van der Waals surface area contributed by atoms with E-state index in [9.17, 15) is 0 Å². The van der Waals surface area contributed by atoms with Gasteiger partial charge in [0.05, 0.1) is 11.4 Å². The maximum atomic E-state index is 5.92. The predicted molar refractivity (Wildman–Crippen MR) is 95.1 cm³/mol. The van der Waals surface area contributed by atoms with Gasteiger partial charge in [-0.1, -0.05) is 40.8 Å². The minimum atomic E-state index is 0.764. The van der Waals surface area contributed by atoms with Crippen molar-refractivity contribution >= 4 is 56.9 Å². The first-order chi connectivity index (χ1) is 10.7. The van der Waals surface area contributed by atoms with E-state index in [4.69, 9.17) is 16.3 Å². The number of hydrogen-bond donors (Lipinski definition) is 1. The highest BCUT2D eigenvalue weighted by molar-refractivity contribution is 8.00. The average Bonchev–Trinajstić information content (AvgIpc) is 3.14. The van der Waals surface area contributed by atoms with Crippen molar-refractivity contribution in [2.24, 2.45) is 0 Å². The third-order valence-electron chi connectivity index (χ3n) is 2.69. The van der Waals surface area contributed by atoms with Crippen molar-refractivity contribution in [2.75, 3.05) is 12.4 Å². The third kappa shape index (κ3) is 4.13. The molecule has 114 valence electrons. The number of rotatable bonds is 6. The second kappa shape index (κ2) is 7.32. The van der Waals surface area contributed by atoms with Gasteiger partial charge >= 0.3 is 0 Å². The molecule has 0 aliphatic carbocycles. The van der Waals surface area contributed by atoms with Gasteiger partial charge in [-0.2, -0.15) is 0 Å². The molecular weight excluding hydrogens is 358 g/mol. The highest BCUT2D eigenvalue weighted by Gasteiger charge is 2.07. The molecule has 0 unspecified atom stereocenters. The van der Waals surface area contributed by atoms with Gasteiger partial charge < -0.3 is 10.1 Å². The molecule has 1 aromatic carbocycles. The average molecular weight is 370 g/mol. The van der Waals surface area contributed by atoms with Crippen LogP contribution in [0.2, 0.25) is 4.34 Å². The summed E-state index contributed by atoms with van der Waals surface area (Å²) in [6.45, 7) is 0. The van der Waals surface area contributed by atoms with Crippen LogP contribution in [0.1, 0.15) is 4.88 Å². The number of hydrogen-bond acceptors (Lipinski definition) is 7. The van der Waals surface area contributed by atoms with Gasteiger partial charge in [0.25, 0.3) is 0 Å². The molecule has 3 rings (SSSR count). The zero-order chi connectivity index (χ0) is 15.4. The van der Waals surface area contributed by atoms with Gasteiger partial charge in [-0.3, -0.25) is 0 Å². The Morgan fingerprint density at radius 2 is 2.14 bits per heavy atom. The summed E-state index contributed by atoms with van der Waals surface area (Å²) in [6, 6.07) is 11.7. The molecule has 22 heavy (non-hydrogen) atoms. The van der Waals surface area contributed by atoms with Crippen molar-refractivity contribution in [1.29, 1.82) is 0 Å². The number of benzene rings is 1. The molecule has 1 N–H and O–H groups in total. The number of nitrogens with zero attached hydrogens (tertiary/aromatic N) is 2. The van der Waals surface area contributed by atoms with Gasteiger partial charge in [0.1, 0.15) is 5.75 Å². The van der Waals surface area contributed by atoms with Crippen molar-refractivity contribution in [1.82, 2.24) is 10.2 Å². The van der Waals surface area contributed by atoms with E-state index >= 15 is 0 Å². The summed E-state index contributed by atoms with van der Waals surface area (Å²) in [5.74, 6) is 1.66. The quantitative estimate of drug-likeness (QED) is 0.597. The van der Waals surface area contributed by atoms with E-state index in [0.717, 1.165) is 31.0 Å². The molecule has 2 aromatic heterocycles. The fourth-order valence-corrected chi connectivity index (χ4v) is 4.61. The highest BCUT2D eigenvalue weighted by atomic mass is 35.5. The van der Waals surface area contributed by atoms with Crippen LogP contribution in [0.5, 0.6) is 5.75 Å². The Bertz CT molecular complexity index is 759. The van der Waals surface area contributed by atoms with Gasteiger partial charge in [-0.05, 0) is 24.3 Å². The van der Waals surface area contributed by atoms with E-state index in [-0.39, 0.29) is 0 Å². The second-order valence-corrected chi connectivity index (χ2v) is 8.22. The molecule has 0 atom stereocenters. The molecule has 0 aliphatic heterocycles. The zero-order valence-corrected chi connectivity index (χ0v) is 14.8.